The van der Waals surface area contributed by atoms with E-state index in [1.807, 2.05) is 42.5 Å². The highest BCUT2D eigenvalue weighted by Gasteiger charge is 2.40. The highest BCUT2D eigenvalue weighted by Crippen LogP contribution is 2.42. The van der Waals surface area contributed by atoms with Crippen LogP contribution in [0.1, 0.15) is 22.7 Å². The van der Waals surface area contributed by atoms with Crippen molar-refractivity contribution in [3.63, 3.8) is 0 Å². The quantitative estimate of drug-likeness (QED) is 0.745. The lowest BCUT2D eigenvalue weighted by atomic mass is 9.89. The standard InChI is InChI=1S/C21H26N2O5S/c1-26-19-14-17-8-9-23(29(24,25)22-10-12-28-13-11-22)21(16-6-4-3-5-7-16)18(17)15-20(19)27-2/h3-7,14-15,21H,8-13H2,1-2H3/t21-/m0/s1. The third kappa shape index (κ3) is 3.73. The van der Waals surface area contributed by atoms with Crippen molar-refractivity contribution >= 4 is 10.2 Å². The zero-order valence-electron chi connectivity index (χ0n) is 16.7. The smallest absolute Gasteiger partial charge is 0.283 e. The first-order valence-electron chi connectivity index (χ1n) is 9.70. The summed E-state index contributed by atoms with van der Waals surface area (Å²) >= 11 is 0. The van der Waals surface area contributed by atoms with E-state index in [1.165, 1.54) is 4.31 Å². The number of ether oxygens (including phenoxy) is 3. The molecule has 0 aliphatic carbocycles. The molecule has 2 aliphatic rings. The number of hydrogen-bond acceptors (Lipinski definition) is 5. The second-order valence-corrected chi connectivity index (χ2v) is 8.98. The van der Waals surface area contributed by atoms with Gasteiger partial charge in [-0.3, -0.25) is 0 Å². The van der Waals surface area contributed by atoms with Crippen molar-refractivity contribution in [3.05, 3.63) is 59.2 Å². The highest BCUT2D eigenvalue weighted by atomic mass is 32.2. The summed E-state index contributed by atoms with van der Waals surface area (Å²) in [7, 11) is -0.448. The lowest BCUT2D eigenvalue weighted by molar-refractivity contribution is 0.0693. The predicted molar refractivity (Wildman–Crippen MR) is 110 cm³/mol. The van der Waals surface area contributed by atoms with Gasteiger partial charge in [-0.2, -0.15) is 17.0 Å². The molecule has 0 amide bonds. The van der Waals surface area contributed by atoms with Crippen LogP contribution >= 0.6 is 0 Å². The van der Waals surface area contributed by atoms with E-state index in [1.54, 1.807) is 18.5 Å². The van der Waals surface area contributed by atoms with E-state index in [0.29, 0.717) is 50.8 Å². The first kappa shape index (κ1) is 20.2. The highest BCUT2D eigenvalue weighted by molar-refractivity contribution is 7.86. The van der Waals surface area contributed by atoms with Crippen molar-refractivity contribution in [2.24, 2.45) is 0 Å². The third-order valence-corrected chi connectivity index (χ3v) is 7.54. The van der Waals surface area contributed by atoms with Gasteiger partial charge in [0.2, 0.25) is 0 Å². The fraction of sp³-hybridized carbons (Fsp3) is 0.429. The molecule has 29 heavy (non-hydrogen) atoms. The maximum Gasteiger partial charge on any atom is 0.283 e. The summed E-state index contributed by atoms with van der Waals surface area (Å²) in [6.07, 6.45) is 0.614. The van der Waals surface area contributed by atoms with Crippen molar-refractivity contribution in [1.82, 2.24) is 8.61 Å². The Labute approximate surface area is 172 Å². The maximum atomic E-state index is 13.6. The van der Waals surface area contributed by atoms with Gasteiger partial charge in [0.25, 0.3) is 10.2 Å². The van der Waals surface area contributed by atoms with Crippen molar-refractivity contribution < 1.29 is 22.6 Å². The number of methoxy groups -OCH3 is 2. The summed E-state index contributed by atoms with van der Waals surface area (Å²) in [6.45, 7) is 2.00. The van der Waals surface area contributed by atoms with Gasteiger partial charge in [-0.1, -0.05) is 30.3 Å². The van der Waals surface area contributed by atoms with E-state index >= 15 is 0 Å². The maximum absolute atomic E-state index is 13.6. The van der Waals surface area contributed by atoms with Gasteiger partial charge in [0.05, 0.1) is 33.5 Å². The molecule has 1 saturated heterocycles. The molecular formula is C21H26N2O5S. The van der Waals surface area contributed by atoms with Crippen molar-refractivity contribution in [3.8, 4) is 11.5 Å². The molecule has 1 atom stereocenters. The van der Waals surface area contributed by atoms with Crippen LogP contribution in [-0.2, 0) is 21.4 Å². The summed E-state index contributed by atoms with van der Waals surface area (Å²) in [5.41, 5.74) is 2.93. The summed E-state index contributed by atoms with van der Waals surface area (Å²) in [6, 6.07) is 13.2. The minimum atomic E-state index is -3.65. The zero-order valence-corrected chi connectivity index (χ0v) is 17.5. The van der Waals surface area contributed by atoms with Crippen LogP contribution in [0.2, 0.25) is 0 Å². The molecule has 4 rings (SSSR count). The molecule has 0 N–H and O–H groups in total. The summed E-state index contributed by atoms with van der Waals surface area (Å²) in [5, 5.41) is 0. The largest absolute Gasteiger partial charge is 0.493 e. The Balaban J connectivity index is 1.83. The monoisotopic (exact) mass is 418 g/mol. The Morgan fingerprint density at radius 1 is 0.966 bits per heavy atom. The van der Waals surface area contributed by atoms with Gasteiger partial charge in [0.15, 0.2) is 11.5 Å². The molecule has 7 nitrogen and oxygen atoms in total. The van der Waals surface area contributed by atoms with Crippen LogP contribution in [0.4, 0.5) is 0 Å². The molecule has 0 radical (unpaired) electrons. The van der Waals surface area contributed by atoms with E-state index in [2.05, 4.69) is 0 Å². The third-order valence-electron chi connectivity index (χ3n) is 5.54. The van der Waals surface area contributed by atoms with Gasteiger partial charge in [0, 0.05) is 19.6 Å². The van der Waals surface area contributed by atoms with Crippen molar-refractivity contribution in [1.29, 1.82) is 0 Å². The molecule has 8 heteroatoms. The molecule has 2 aromatic rings. The molecule has 0 spiro atoms. The lowest BCUT2D eigenvalue weighted by Gasteiger charge is -2.40. The number of rotatable bonds is 5. The SMILES string of the molecule is COc1cc2c(cc1OC)[C@H](c1ccccc1)N(S(=O)(=O)N1CCOCC1)CC2. The van der Waals surface area contributed by atoms with Gasteiger partial charge in [-0.25, -0.2) is 0 Å². The molecule has 2 heterocycles. The van der Waals surface area contributed by atoms with E-state index in [-0.39, 0.29) is 0 Å². The van der Waals surface area contributed by atoms with E-state index in [9.17, 15) is 8.42 Å². The molecule has 2 aliphatic heterocycles. The normalized spacial score (nSPS) is 20.8. The first-order valence-corrected chi connectivity index (χ1v) is 11.1. The average Bonchev–Trinajstić information content (AvgIpc) is 2.78. The molecular weight excluding hydrogens is 392 g/mol. The Morgan fingerprint density at radius 3 is 2.28 bits per heavy atom. The number of benzene rings is 2. The topological polar surface area (TPSA) is 68.3 Å². The summed E-state index contributed by atoms with van der Waals surface area (Å²) < 4.78 is 46.6. The zero-order chi connectivity index (χ0) is 20.4. The number of nitrogens with zero attached hydrogens (tertiary/aromatic N) is 2. The summed E-state index contributed by atoms with van der Waals surface area (Å²) in [4.78, 5) is 0. The van der Waals surface area contributed by atoms with E-state index in [0.717, 1.165) is 16.7 Å². The van der Waals surface area contributed by atoms with Crippen LogP contribution < -0.4 is 9.47 Å². The first-order chi connectivity index (χ1) is 14.1. The second-order valence-electron chi connectivity index (χ2n) is 7.10. The summed E-state index contributed by atoms with van der Waals surface area (Å²) in [5.74, 6) is 1.25. The van der Waals surface area contributed by atoms with Crippen LogP contribution in [0.3, 0.4) is 0 Å². The van der Waals surface area contributed by atoms with Gasteiger partial charge in [-0.05, 0) is 35.2 Å². The fourth-order valence-electron chi connectivity index (χ4n) is 4.08. The van der Waals surface area contributed by atoms with Gasteiger partial charge in [0.1, 0.15) is 0 Å². The number of morpholine rings is 1. The molecule has 0 saturated carbocycles. The molecule has 0 aromatic heterocycles. The fourth-order valence-corrected chi connectivity index (χ4v) is 5.81. The predicted octanol–water partition coefficient (Wildman–Crippen LogP) is 2.23. The minimum absolute atomic E-state index is 0.374. The molecule has 0 bridgehead atoms. The van der Waals surface area contributed by atoms with Crippen molar-refractivity contribution in [2.45, 2.75) is 12.5 Å². The average molecular weight is 419 g/mol. The molecule has 0 unspecified atom stereocenters. The van der Waals surface area contributed by atoms with Gasteiger partial charge in [-0.15, -0.1) is 0 Å². The molecule has 1 fully saturated rings. The number of hydrogen-bond donors (Lipinski definition) is 0. The minimum Gasteiger partial charge on any atom is -0.493 e. The Kier molecular flexibility index (Phi) is 5.78. The second kappa shape index (κ2) is 8.31. The van der Waals surface area contributed by atoms with E-state index in [4.69, 9.17) is 14.2 Å². The number of fused-ring (bicyclic) bond motifs is 1. The Hall–Kier alpha value is -2.13. The Bertz CT molecular complexity index is 959. The molecule has 156 valence electrons. The van der Waals surface area contributed by atoms with Crippen LogP contribution in [0.15, 0.2) is 42.5 Å². The Morgan fingerprint density at radius 2 is 1.62 bits per heavy atom. The van der Waals surface area contributed by atoms with Crippen LogP contribution in [0.25, 0.3) is 0 Å². The lowest BCUT2D eigenvalue weighted by Crippen LogP contribution is -2.51. The van der Waals surface area contributed by atoms with Gasteiger partial charge >= 0.3 is 0 Å². The molecule has 2 aromatic carbocycles. The van der Waals surface area contributed by atoms with Crippen LogP contribution in [0.5, 0.6) is 11.5 Å². The van der Waals surface area contributed by atoms with Crippen molar-refractivity contribution in [2.75, 3.05) is 47.1 Å². The van der Waals surface area contributed by atoms with Crippen LogP contribution in [-0.4, -0.2) is 64.1 Å². The van der Waals surface area contributed by atoms with E-state index < -0.39 is 16.3 Å². The van der Waals surface area contributed by atoms with Crippen LogP contribution in [0, 0.1) is 0 Å². The van der Waals surface area contributed by atoms with Gasteiger partial charge < -0.3 is 14.2 Å².